The van der Waals surface area contributed by atoms with Gasteiger partial charge in [0, 0.05) is 23.3 Å². The van der Waals surface area contributed by atoms with Crippen LogP contribution in [0.15, 0.2) is 12.3 Å². The van der Waals surface area contributed by atoms with Crippen molar-refractivity contribution in [1.29, 1.82) is 0 Å². The number of hydrogen-bond donors (Lipinski definition) is 0. The highest BCUT2D eigenvalue weighted by atomic mass is 35.5. The molecule has 2 aliphatic rings. The van der Waals surface area contributed by atoms with Gasteiger partial charge in [0.05, 0.1) is 0 Å². The second kappa shape index (κ2) is 5.59. The molecule has 2 heterocycles. The smallest absolute Gasteiger partial charge is 0.130 e. The van der Waals surface area contributed by atoms with Gasteiger partial charge in [-0.2, -0.15) is 0 Å². The van der Waals surface area contributed by atoms with Crippen molar-refractivity contribution >= 4 is 23.2 Å². The fourth-order valence-corrected chi connectivity index (χ4v) is 4.03. The molecule has 0 radical (unpaired) electrons. The van der Waals surface area contributed by atoms with E-state index in [1.807, 2.05) is 6.20 Å². The van der Waals surface area contributed by atoms with Crippen molar-refractivity contribution in [3.63, 3.8) is 0 Å². The maximum Gasteiger partial charge on any atom is 0.130 e. The summed E-state index contributed by atoms with van der Waals surface area (Å²) in [6.45, 7) is 3.29. The number of likely N-dealkylation sites (tertiary alicyclic amines) is 1. The van der Waals surface area contributed by atoms with Gasteiger partial charge in [-0.25, -0.2) is 4.98 Å². The van der Waals surface area contributed by atoms with E-state index in [4.69, 9.17) is 23.2 Å². The summed E-state index contributed by atoms with van der Waals surface area (Å²) in [5.41, 5.74) is 1.77. The van der Waals surface area contributed by atoms with Crippen molar-refractivity contribution < 1.29 is 0 Å². The first kappa shape index (κ1) is 13.7. The Morgan fingerprint density at radius 3 is 2.42 bits per heavy atom. The highest BCUT2D eigenvalue weighted by Gasteiger charge is 2.36. The Bertz CT molecular complexity index is 445. The largest absolute Gasteiger partial charge is 0.299 e. The van der Waals surface area contributed by atoms with Crippen molar-refractivity contribution in [2.45, 2.75) is 45.1 Å². The van der Waals surface area contributed by atoms with Crippen LogP contribution in [0.4, 0.5) is 0 Å². The number of aromatic nitrogens is 1. The first-order chi connectivity index (χ1) is 9.17. The number of hydrogen-bond acceptors (Lipinski definition) is 2. The molecule has 4 heteroatoms. The van der Waals surface area contributed by atoms with Crippen LogP contribution in [0, 0.1) is 5.41 Å². The maximum absolute atomic E-state index is 6.22. The molecule has 0 aromatic carbocycles. The minimum absolute atomic E-state index is 0.470. The predicted molar refractivity (Wildman–Crippen MR) is 79.7 cm³/mol. The molecule has 3 rings (SSSR count). The van der Waals surface area contributed by atoms with Gasteiger partial charge >= 0.3 is 0 Å². The summed E-state index contributed by atoms with van der Waals surface area (Å²) >= 11 is 12.1. The topological polar surface area (TPSA) is 16.1 Å². The highest BCUT2D eigenvalue weighted by molar-refractivity contribution is 6.34. The lowest BCUT2D eigenvalue weighted by Crippen LogP contribution is -2.38. The van der Waals surface area contributed by atoms with E-state index in [2.05, 4.69) is 9.88 Å². The molecule has 2 fully saturated rings. The summed E-state index contributed by atoms with van der Waals surface area (Å²) in [7, 11) is 0. The summed E-state index contributed by atoms with van der Waals surface area (Å²) in [4.78, 5) is 6.63. The molecule has 0 N–H and O–H groups in total. The zero-order valence-corrected chi connectivity index (χ0v) is 12.7. The van der Waals surface area contributed by atoms with Gasteiger partial charge in [0.15, 0.2) is 0 Å². The fraction of sp³-hybridized carbons (Fsp3) is 0.667. The molecule has 0 bridgehead atoms. The van der Waals surface area contributed by atoms with Crippen LogP contribution in [0.25, 0.3) is 0 Å². The normalized spacial score (nSPS) is 23.1. The van der Waals surface area contributed by atoms with Crippen LogP contribution < -0.4 is 0 Å². The van der Waals surface area contributed by atoms with Gasteiger partial charge in [0.25, 0.3) is 0 Å². The van der Waals surface area contributed by atoms with E-state index in [0.717, 1.165) is 17.1 Å². The van der Waals surface area contributed by atoms with E-state index in [0.29, 0.717) is 10.6 Å². The third-order valence-corrected chi connectivity index (χ3v) is 5.43. The van der Waals surface area contributed by atoms with E-state index in [1.54, 1.807) is 6.07 Å². The molecule has 104 valence electrons. The van der Waals surface area contributed by atoms with Gasteiger partial charge in [-0.3, -0.25) is 4.90 Å². The van der Waals surface area contributed by atoms with E-state index in [1.165, 1.54) is 51.6 Å². The van der Waals surface area contributed by atoms with Crippen molar-refractivity contribution in [3.8, 4) is 0 Å². The third-order valence-electron chi connectivity index (χ3n) is 4.87. The monoisotopic (exact) mass is 298 g/mol. The second-order valence-corrected chi connectivity index (χ2v) is 6.88. The summed E-state index contributed by atoms with van der Waals surface area (Å²) in [6, 6.07) is 1.74. The van der Waals surface area contributed by atoms with Gasteiger partial charge in [-0.1, -0.05) is 36.0 Å². The van der Waals surface area contributed by atoms with Gasteiger partial charge in [-0.05, 0) is 50.3 Å². The van der Waals surface area contributed by atoms with Crippen molar-refractivity contribution in [2.24, 2.45) is 5.41 Å². The number of nitrogens with zero attached hydrogens (tertiary/aromatic N) is 2. The lowest BCUT2D eigenvalue weighted by Gasteiger charge is -2.39. The molecule has 1 saturated heterocycles. The summed E-state index contributed by atoms with van der Waals surface area (Å²) in [5, 5.41) is 1.21. The Hall–Kier alpha value is -0.310. The van der Waals surface area contributed by atoms with Crippen LogP contribution in [0.2, 0.25) is 10.2 Å². The number of halogens is 2. The Balaban J connectivity index is 1.60. The average Bonchev–Trinajstić information content (AvgIpc) is 2.84. The van der Waals surface area contributed by atoms with Gasteiger partial charge < -0.3 is 0 Å². The molecule has 1 aliphatic carbocycles. The number of piperidine rings is 1. The number of rotatable bonds is 2. The Morgan fingerprint density at radius 1 is 1.11 bits per heavy atom. The highest BCUT2D eigenvalue weighted by Crippen LogP contribution is 2.46. The Morgan fingerprint density at radius 2 is 1.79 bits per heavy atom. The Kier molecular flexibility index (Phi) is 4.02. The van der Waals surface area contributed by atoms with Crippen molar-refractivity contribution in [2.75, 3.05) is 13.1 Å². The molecule has 0 atom stereocenters. The molecule has 2 nitrogen and oxygen atoms in total. The van der Waals surface area contributed by atoms with Gasteiger partial charge in [0.2, 0.25) is 0 Å². The molecule has 1 aromatic heterocycles. The minimum Gasteiger partial charge on any atom is -0.299 e. The van der Waals surface area contributed by atoms with Crippen LogP contribution in [-0.2, 0) is 6.54 Å². The van der Waals surface area contributed by atoms with Crippen LogP contribution >= 0.6 is 23.2 Å². The molecular formula is C15H20Cl2N2. The van der Waals surface area contributed by atoms with E-state index >= 15 is 0 Å². The second-order valence-electron chi connectivity index (χ2n) is 6.08. The van der Waals surface area contributed by atoms with Crippen molar-refractivity contribution in [3.05, 3.63) is 28.0 Å². The molecule has 1 saturated carbocycles. The predicted octanol–water partition coefficient (Wildman–Crippen LogP) is 4.54. The third kappa shape index (κ3) is 3.07. The average molecular weight is 299 g/mol. The zero-order chi connectivity index (χ0) is 13.3. The zero-order valence-electron chi connectivity index (χ0n) is 11.2. The fourth-order valence-electron chi connectivity index (χ4n) is 3.60. The lowest BCUT2D eigenvalue weighted by atomic mass is 9.77. The quantitative estimate of drug-likeness (QED) is 0.745. The van der Waals surface area contributed by atoms with Crippen molar-refractivity contribution in [1.82, 2.24) is 9.88 Å². The minimum atomic E-state index is 0.470. The standard InChI is InChI=1S/C15H20Cl2N2/c16-13-9-14(17)18-10-12(13)11-19-7-5-15(6-8-19)3-1-2-4-15/h9-10H,1-8,11H2. The SMILES string of the molecule is Clc1cc(Cl)c(CN2CCC3(CCCC3)CC2)cn1. The molecular weight excluding hydrogens is 279 g/mol. The van der Waals surface area contributed by atoms with Crippen LogP contribution in [-0.4, -0.2) is 23.0 Å². The summed E-state index contributed by atoms with van der Waals surface area (Å²) in [6.07, 6.45) is 10.3. The summed E-state index contributed by atoms with van der Waals surface area (Å²) in [5.74, 6) is 0. The van der Waals surface area contributed by atoms with E-state index < -0.39 is 0 Å². The van der Waals surface area contributed by atoms with Gasteiger partial charge in [0.1, 0.15) is 5.15 Å². The van der Waals surface area contributed by atoms with E-state index in [9.17, 15) is 0 Å². The maximum atomic E-state index is 6.22. The molecule has 1 spiro atoms. The number of pyridine rings is 1. The van der Waals surface area contributed by atoms with Crippen LogP contribution in [0.3, 0.4) is 0 Å². The van der Waals surface area contributed by atoms with E-state index in [-0.39, 0.29) is 0 Å². The molecule has 1 aromatic rings. The van der Waals surface area contributed by atoms with Gasteiger partial charge in [-0.15, -0.1) is 0 Å². The van der Waals surface area contributed by atoms with Crippen LogP contribution in [0.1, 0.15) is 44.1 Å². The molecule has 0 amide bonds. The Labute approximate surface area is 125 Å². The first-order valence-corrected chi connectivity index (χ1v) is 7.95. The summed E-state index contributed by atoms with van der Waals surface area (Å²) < 4.78 is 0. The lowest BCUT2D eigenvalue weighted by molar-refractivity contribution is 0.103. The van der Waals surface area contributed by atoms with Crippen LogP contribution in [0.5, 0.6) is 0 Å². The molecule has 1 aliphatic heterocycles. The first-order valence-electron chi connectivity index (χ1n) is 7.19. The molecule has 19 heavy (non-hydrogen) atoms. The molecule has 0 unspecified atom stereocenters.